The van der Waals surface area contributed by atoms with Crippen molar-refractivity contribution in [3.8, 4) is 0 Å². The zero-order valence-electron chi connectivity index (χ0n) is 11.6. The van der Waals surface area contributed by atoms with Gasteiger partial charge < -0.3 is 4.74 Å². The maximum atomic E-state index is 14.3. The summed E-state index contributed by atoms with van der Waals surface area (Å²) in [6.07, 6.45) is -1.58. The van der Waals surface area contributed by atoms with Gasteiger partial charge in [-0.3, -0.25) is 0 Å². The molecule has 0 saturated heterocycles. The van der Waals surface area contributed by atoms with Gasteiger partial charge in [0.25, 0.3) is 0 Å². The molecule has 120 valence electrons. The highest BCUT2D eigenvalue weighted by Crippen LogP contribution is 2.44. The lowest BCUT2D eigenvalue weighted by Gasteiger charge is -2.25. The predicted octanol–water partition coefficient (Wildman–Crippen LogP) is 4.29. The van der Waals surface area contributed by atoms with Crippen LogP contribution in [-0.4, -0.2) is 19.3 Å². The van der Waals surface area contributed by atoms with Crippen LogP contribution in [0.15, 0.2) is 24.3 Å². The summed E-state index contributed by atoms with van der Waals surface area (Å²) in [6, 6.07) is 2.23. The number of benzene rings is 1. The molecule has 0 aromatic heterocycles. The van der Waals surface area contributed by atoms with Crippen LogP contribution in [-0.2, 0) is 15.2 Å². The molecule has 1 aromatic rings. The number of methoxy groups -OCH3 is 1. The SMILES string of the molecule is COC(=O)C(F)(c1ccc(C2=CCCC2)c(F)c1)C(F)(F)F. The molecule has 2 nitrogen and oxygen atoms in total. The Kier molecular flexibility index (Phi) is 4.26. The van der Waals surface area contributed by atoms with Gasteiger partial charge in [0, 0.05) is 11.1 Å². The summed E-state index contributed by atoms with van der Waals surface area (Å²) in [6.45, 7) is 0. The van der Waals surface area contributed by atoms with Crippen LogP contribution in [0.5, 0.6) is 0 Å². The third kappa shape index (κ3) is 2.60. The summed E-state index contributed by atoms with van der Waals surface area (Å²) in [5.41, 5.74) is -4.74. The first-order valence-electron chi connectivity index (χ1n) is 6.55. The molecule has 0 N–H and O–H groups in total. The summed E-state index contributed by atoms with van der Waals surface area (Å²) in [5.74, 6) is -3.13. The number of halogens is 5. The summed E-state index contributed by atoms with van der Waals surface area (Å²) in [4.78, 5) is 11.3. The van der Waals surface area contributed by atoms with Crippen molar-refractivity contribution in [1.29, 1.82) is 0 Å². The normalized spacial score (nSPS) is 17.8. The van der Waals surface area contributed by atoms with Crippen LogP contribution in [0.4, 0.5) is 22.0 Å². The van der Waals surface area contributed by atoms with Crippen molar-refractivity contribution in [2.24, 2.45) is 0 Å². The molecular formula is C15H13F5O2. The van der Waals surface area contributed by atoms with Gasteiger partial charge in [-0.05, 0) is 30.9 Å². The number of carbonyl (C=O) groups excluding carboxylic acids is 1. The molecule has 0 saturated carbocycles. The lowest BCUT2D eigenvalue weighted by molar-refractivity contribution is -0.242. The third-order valence-electron chi connectivity index (χ3n) is 3.61. The molecule has 0 heterocycles. The van der Waals surface area contributed by atoms with Gasteiger partial charge in [0.05, 0.1) is 7.11 Å². The Morgan fingerprint density at radius 2 is 1.91 bits per heavy atom. The number of esters is 1. The van der Waals surface area contributed by atoms with Crippen LogP contribution in [0.3, 0.4) is 0 Å². The second-order valence-electron chi connectivity index (χ2n) is 4.96. The van der Waals surface area contributed by atoms with Crippen LogP contribution >= 0.6 is 0 Å². The fourth-order valence-electron chi connectivity index (χ4n) is 2.44. The zero-order valence-corrected chi connectivity index (χ0v) is 11.6. The summed E-state index contributed by atoms with van der Waals surface area (Å²) < 4.78 is 71.1. The Bertz CT molecular complexity index is 621. The zero-order chi connectivity index (χ0) is 16.5. The quantitative estimate of drug-likeness (QED) is 0.613. The predicted molar refractivity (Wildman–Crippen MR) is 69.1 cm³/mol. The highest BCUT2D eigenvalue weighted by molar-refractivity contribution is 5.82. The van der Waals surface area contributed by atoms with Crippen LogP contribution < -0.4 is 0 Å². The van der Waals surface area contributed by atoms with E-state index in [1.165, 1.54) is 0 Å². The van der Waals surface area contributed by atoms with Crippen molar-refractivity contribution in [3.05, 3.63) is 41.2 Å². The van der Waals surface area contributed by atoms with Crippen molar-refractivity contribution in [1.82, 2.24) is 0 Å². The van der Waals surface area contributed by atoms with E-state index in [4.69, 9.17) is 0 Å². The van der Waals surface area contributed by atoms with E-state index in [2.05, 4.69) is 4.74 Å². The molecular weight excluding hydrogens is 307 g/mol. The molecule has 1 aliphatic rings. The number of hydrogen-bond acceptors (Lipinski definition) is 2. The van der Waals surface area contributed by atoms with Crippen molar-refractivity contribution < 1.29 is 31.5 Å². The number of hydrogen-bond donors (Lipinski definition) is 0. The minimum Gasteiger partial charge on any atom is -0.466 e. The Hall–Kier alpha value is -1.92. The van der Waals surface area contributed by atoms with Crippen LogP contribution in [0.1, 0.15) is 30.4 Å². The average Bonchev–Trinajstić information content (AvgIpc) is 2.98. The van der Waals surface area contributed by atoms with Crippen molar-refractivity contribution in [3.63, 3.8) is 0 Å². The maximum absolute atomic E-state index is 14.3. The molecule has 1 aliphatic carbocycles. The Balaban J connectivity index is 2.50. The molecule has 0 bridgehead atoms. The lowest BCUT2D eigenvalue weighted by Crippen LogP contribution is -2.46. The van der Waals surface area contributed by atoms with E-state index in [1.807, 2.05) is 0 Å². The van der Waals surface area contributed by atoms with Crippen LogP contribution in [0.2, 0.25) is 0 Å². The van der Waals surface area contributed by atoms with E-state index in [9.17, 15) is 26.7 Å². The number of ether oxygens (including phenoxy) is 1. The number of rotatable bonds is 3. The van der Waals surface area contributed by atoms with Crippen molar-refractivity contribution >= 4 is 11.5 Å². The van der Waals surface area contributed by atoms with Gasteiger partial charge in [-0.1, -0.05) is 18.2 Å². The van der Waals surface area contributed by atoms with Crippen LogP contribution in [0, 0.1) is 5.82 Å². The molecule has 0 spiro atoms. The topological polar surface area (TPSA) is 26.3 Å². The first-order valence-corrected chi connectivity index (χ1v) is 6.55. The molecule has 1 atom stereocenters. The first kappa shape index (κ1) is 16.5. The lowest BCUT2D eigenvalue weighted by atomic mass is 9.92. The van der Waals surface area contributed by atoms with Crippen molar-refractivity contribution in [2.75, 3.05) is 7.11 Å². The number of alkyl halides is 4. The summed E-state index contributed by atoms with van der Waals surface area (Å²) in [7, 11) is 0.635. The molecule has 1 aromatic carbocycles. The molecule has 22 heavy (non-hydrogen) atoms. The maximum Gasteiger partial charge on any atom is 0.437 e. The summed E-state index contributed by atoms with van der Waals surface area (Å²) >= 11 is 0. The van der Waals surface area contributed by atoms with Gasteiger partial charge in [-0.25, -0.2) is 13.6 Å². The number of allylic oxidation sites excluding steroid dienone is 2. The molecule has 1 unspecified atom stereocenters. The van der Waals surface area contributed by atoms with E-state index in [0.29, 0.717) is 25.2 Å². The van der Waals surface area contributed by atoms with Gasteiger partial charge in [0.15, 0.2) is 0 Å². The van der Waals surface area contributed by atoms with E-state index in [0.717, 1.165) is 25.0 Å². The van der Waals surface area contributed by atoms with Gasteiger partial charge in [0.2, 0.25) is 0 Å². The van der Waals surface area contributed by atoms with Gasteiger partial charge in [-0.15, -0.1) is 0 Å². The van der Waals surface area contributed by atoms with Crippen molar-refractivity contribution in [2.45, 2.75) is 31.1 Å². The fraction of sp³-hybridized carbons (Fsp3) is 0.400. The van der Waals surface area contributed by atoms with Crippen LogP contribution in [0.25, 0.3) is 5.57 Å². The smallest absolute Gasteiger partial charge is 0.437 e. The number of carbonyl (C=O) groups is 1. The second-order valence-corrected chi connectivity index (χ2v) is 4.96. The standard InChI is InChI=1S/C15H13F5O2/c1-22-13(21)14(17,15(18,19)20)10-6-7-11(12(16)8-10)9-4-2-3-5-9/h4,6-8H,2-3,5H2,1H3. The van der Waals surface area contributed by atoms with Gasteiger partial charge >= 0.3 is 17.8 Å². The fourth-order valence-corrected chi connectivity index (χ4v) is 2.44. The van der Waals surface area contributed by atoms with Gasteiger partial charge in [0.1, 0.15) is 5.82 Å². The largest absolute Gasteiger partial charge is 0.466 e. The first-order chi connectivity index (χ1) is 10.2. The third-order valence-corrected chi connectivity index (χ3v) is 3.61. The Morgan fingerprint density at radius 3 is 2.36 bits per heavy atom. The molecule has 0 aliphatic heterocycles. The van der Waals surface area contributed by atoms with E-state index >= 15 is 0 Å². The minimum absolute atomic E-state index is 0.121. The monoisotopic (exact) mass is 320 g/mol. The van der Waals surface area contributed by atoms with E-state index in [-0.39, 0.29) is 5.56 Å². The summed E-state index contributed by atoms with van der Waals surface area (Å²) in [5, 5.41) is 0. The van der Waals surface area contributed by atoms with Gasteiger partial charge in [-0.2, -0.15) is 13.2 Å². The highest BCUT2D eigenvalue weighted by Gasteiger charge is 2.64. The Morgan fingerprint density at radius 1 is 1.23 bits per heavy atom. The van der Waals surface area contributed by atoms with E-state index in [1.54, 1.807) is 6.08 Å². The Labute approximate surface area is 123 Å². The molecule has 7 heteroatoms. The molecule has 0 fully saturated rings. The highest BCUT2D eigenvalue weighted by atomic mass is 19.4. The second kappa shape index (κ2) is 5.70. The molecule has 2 rings (SSSR count). The minimum atomic E-state index is -5.55. The average molecular weight is 320 g/mol. The van der Waals surface area contributed by atoms with E-state index < -0.39 is 29.2 Å². The molecule has 0 amide bonds. The molecule has 0 radical (unpaired) electrons.